The summed E-state index contributed by atoms with van der Waals surface area (Å²) >= 11 is 1.34. The number of amides is 2. The van der Waals surface area contributed by atoms with Gasteiger partial charge < -0.3 is 9.30 Å². The van der Waals surface area contributed by atoms with E-state index in [2.05, 4.69) is 38.4 Å². The largest absolute Gasteiger partial charge is 0.482 e. The van der Waals surface area contributed by atoms with Crippen molar-refractivity contribution in [3.8, 4) is 5.75 Å². The molecule has 168 valence electrons. The Morgan fingerprint density at radius 3 is 2.82 bits per heavy atom. The molecule has 0 unspecified atom stereocenters. The van der Waals surface area contributed by atoms with Crippen LogP contribution in [0.1, 0.15) is 23.9 Å². The minimum absolute atomic E-state index is 0.0885. The van der Waals surface area contributed by atoms with E-state index in [1.165, 1.54) is 21.6 Å². The molecule has 1 atom stereocenters. The van der Waals surface area contributed by atoms with E-state index in [0.717, 1.165) is 16.1 Å². The molecule has 9 heteroatoms. The van der Waals surface area contributed by atoms with Gasteiger partial charge in [-0.3, -0.25) is 19.8 Å². The van der Waals surface area contributed by atoms with Crippen molar-refractivity contribution in [1.82, 2.24) is 14.8 Å². The van der Waals surface area contributed by atoms with Crippen LogP contribution in [0.25, 0.3) is 10.9 Å². The van der Waals surface area contributed by atoms with Gasteiger partial charge in [-0.25, -0.2) is 0 Å². The summed E-state index contributed by atoms with van der Waals surface area (Å²) < 4.78 is 7.60. The third-order valence-electron chi connectivity index (χ3n) is 5.76. The van der Waals surface area contributed by atoms with Gasteiger partial charge in [0.25, 0.3) is 5.91 Å². The molecule has 0 saturated carbocycles. The van der Waals surface area contributed by atoms with Crippen molar-refractivity contribution in [3.05, 3.63) is 65.3 Å². The van der Waals surface area contributed by atoms with Gasteiger partial charge in [-0.1, -0.05) is 48.6 Å². The van der Waals surface area contributed by atoms with Gasteiger partial charge in [0.05, 0.1) is 5.69 Å². The predicted octanol–water partition coefficient (Wildman–Crippen LogP) is 3.76. The number of anilines is 2. The molecule has 0 spiro atoms. The van der Waals surface area contributed by atoms with Crippen LogP contribution in [0.4, 0.5) is 10.8 Å². The van der Waals surface area contributed by atoms with Gasteiger partial charge in [-0.2, -0.15) is 0 Å². The number of rotatable bonds is 6. The fourth-order valence-corrected chi connectivity index (χ4v) is 5.01. The number of para-hydroxylation sites is 3. The molecule has 0 radical (unpaired) electrons. The first-order valence-electron chi connectivity index (χ1n) is 10.7. The Morgan fingerprint density at radius 2 is 1.97 bits per heavy atom. The first-order chi connectivity index (χ1) is 16.0. The van der Waals surface area contributed by atoms with Crippen LogP contribution in [0, 0.1) is 0 Å². The fraction of sp³-hybridized carbons (Fsp3) is 0.250. The van der Waals surface area contributed by atoms with Gasteiger partial charge >= 0.3 is 0 Å². The second kappa shape index (κ2) is 8.67. The summed E-state index contributed by atoms with van der Waals surface area (Å²) in [5.74, 6) is 0.0525. The van der Waals surface area contributed by atoms with Crippen LogP contribution in [0.2, 0.25) is 0 Å². The van der Waals surface area contributed by atoms with Crippen molar-refractivity contribution in [2.45, 2.75) is 25.8 Å². The number of nitrogens with one attached hydrogen (secondary N) is 1. The molecule has 2 aromatic heterocycles. The normalized spacial score (nSPS) is 14.1. The van der Waals surface area contributed by atoms with Gasteiger partial charge in [0.1, 0.15) is 16.8 Å². The van der Waals surface area contributed by atoms with E-state index >= 15 is 0 Å². The zero-order valence-corrected chi connectivity index (χ0v) is 19.1. The average Bonchev–Trinajstić information content (AvgIpc) is 3.40. The monoisotopic (exact) mass is 461 g/mol. The number of carbonyl (C=O) groups is 2. The molecule has 0 aliphatic carbocycles. The van der Waals surface area contributed by atoms with E-state index in [1.807, 2.05) is 38.2 Å². The highest BCUT2D eigenvalue weighted by Gasteiger charge is 2.35. The average molecular weight is 462 g/mol. The minimum atomic E-state index is -0.673. The van der Waals surface area contributed by atoms with Crippen molar-refractivity contribution < 1.29 is 14.3 Å². The third kappa shape index (κ3) is 3.95. The maximum absolute atomic E-state index is 13.1. The van der Waals surface area contributed by atoms with Gasteiger partial charge in [-0.15, -0.1) is 10.2 Å². The SMILES string of the molecule is CC[C@H](C(=O)Nc1nnc(Cc2cn(C)c3ccccc23)s1)N1C(=O)COc2ccccc21. The zero-order valence-electron chi connectivity index (χ0n) is 18.3. The summed E-state index contributed by atoms with van der Waals surface area (Å²) in [7, 11) is 2.02. The van der Waals surface area contributed by atoms with E-state index in [1.54, 1.807) is 12.1 Å². The fourth-order valence-electron chi connectivity index (χ4n) is 4.24. The first-order valence-corrected chi connectivity index (χ1v) is 11.6. The quantitative estimate of drug-likeness (QED) is 0.472. The van der Waals surface area contributed by atoms with Gasteiger partial charge in [0.15, 0.2) is 6.61 Å². The highest BCUT2D eigenvalue weighted by atomic mass is 32.1. The molecular formula is C24H23N5O3S. The molecule has 3 heterocycles. The molecule has 0 bridgehead atoms. The zero-order chi connectivity index (χ0) is 22.9. The summed E-state index contributed by atoms with van der Waals surface area (Å²) in [6.07, 6.45) is 3.17. The Hall–Kier alpha value is -3.72. The molecule has 0 saturated heterocycles. The lowest BCUT2D eigenvalue weighted by Gasteiger charge is -2.34. The number of aryl methyl sites for hydroxylation is 1. The number of ether oxygens (including phenoxy) is 1. The summed E-state index contributed by atoms with van der Waals surface area (Å²) in [6, 6.07) is 14.8. The number of benzene rings is 2. The minimum Gasteiger partial charge on any atom is -0.482 e. The third-order valence-corrected chi connectivity index (χ3v) is 6.60. The molecule has 8 nitrogen and oxygen atoms in total. The van der Waals surface area contributed by atoms with E-state index < -0.39 is 6.04 Å². The number of fused-ring (bicyclic) bond motifs is 2. The lowest BCUT2D eigenvalue weighted by molar-refractivity contribution is -0.125. The van der Waals surface area contributed by atoms with E-state index in [4.69, 9.17) is 4.74 Å². The van der Waals surface area contributed by atoms with Crippen LogP contribution in [0.3, 0.4) is 0 Å². The molecule has 1 N–H and O–H groups in total. The second-order valence-corrected chi connectivity index (χ2v) is 8.96. The Bertz CT molecular complexity index is 1340. The molecule has 5 rings (SSSR count). The standard InChI is InChI=1S/C24H23N5O3S/c1-3-17(29-19-10-6-7-11-20(19)32-14-22(29)30)23(31)25-24-27-26-21(33-24)12-15-13-28(2)18-9-5-4-8-16(15)18/h4-11,13,17H,3,12,14H2,1-2H3,(H,25,27,31)/t17-/m1/s1. The molecule has 33 heavy (non-hydrogen) atoms. The van der Waals surface area contributed by atoms with E-state index in [9.17, 15) is 9.59 Å². The number of nitrogens with zero attached hydrogens (tertiary/aromatic N) is 4. The molecule has 1 aliphatic rings. The lowest BCUT2D eigenvalue weighted by Crippen LogP contribution is -2.51. The van der Waals surface area contributed by atoms with Crippen molar-refractivity contribution in [3.63, 3.8) is 0 Å². The molecule has 0 fully saturated rings. The van der Waals surface area contributed by atoms with Crippen LogP contribution in [0.5, 0.6) is 5.75 Å². The molecule has 2 amide bonds. The van der Waals surface area contributed by atoms with Gasteiger partial charge in [-0.05, 0) is 30.2 Å². The summed E-state index contributed by atoms with van der Waals surface area (Å²) in [5, 5.41) is 13.7. The lowest BCUT2D eigenvalue weighted by atomic mass is 10.1. The summed E-state index contributed by atoms with van der Waals surface area (Å²) in [6.45, 7) is 1.79. The number of aromatic nitrogens is 3. The van der Waals surface area contributed by atoms with Crippen LogP contribution >= 0.6 is 11.3 Å². The van der Waals surface area contributed by atoms with Crippen LogP contribution in [0.15, 0.2) is 54.7 Å². The Labute approximate surface area is 194 Å². The predicted molar refractivity (Wildman–Crippen MR) is 128 cm³/mol. The van der Waals surface area contributed by atoms with Gasteiger partial charge in [0.2, 0.25) is 11.0 Å². The van der Waals surface area contributed by atoms with E-state index in [-0.39, 0.29) is 18.4 Å². The highest BCUT2D eigenvalue weighted by molar-refractivity contribution is 7.15. The maximum atomic E-state index is 13.1. The van der Waals surface area contributed by atoms with Crippen molar-refractivity contribution in [2.24, 2.45) is 7.05 Å². The molecule has 2 aromatic carbocycles. The number of hydrogen-bond acceptors (Lipinski definition) is 6. The van der Waals surface area contributed by atoms with Crippen LogP contribution < -0.4 is 15.0 Å². The highest BCUT2D eigenvalue weighted by Crippen LogP contribution is 2.34. The number of carbonyl (C=O) groups excluding carboxylic acids is 2. The maximum Gasteiger partial charge on any atom is 0.265 e. The van der Waals surface area contributed by atoms with Crippen LogP contribution in [-0.4, -0.2) is 39.2 Å². The Morgan fingerprint density at radius 1 is 1.18 bits per heavy atom. The van der Waals surface area contributed by atoms with Crippen LogP contribution in [-0.2, 0) is 23.1 Å². The summed E-state index contributed by atoms with van der Waals surface area (Å²) in [4.78, 5) is 27.3. The van der Waals surface area contributed by atoms with Crippen molar-refractivity contribution >= 4 is 44.9 Å². The first kappa shape index (κ1) is 21.1. The topological polar surface area (TPSA) is 89.4 Å². The summed E-state index contributed by atoms with van der Waals surface area (Å²) in [5.41, 5.74) is 2.92. The van der Waals surface area contributed by atoms with E-state index in [0.29, 0.717) is 29.4 Å². The second-order valence-electron chi connectivity index (χ2n) is 7.89. The smallest absolute Gasteiger partial charge is 0.265 e. The van der Waals surface area contributed by atoms with Crippen molar-refractivity contribution in [2.75, 3.05) is 16.8 Å². The molecule has 4 aromatic rings. The van der Waals surface area contributed by atoms with Crippen molar-refractivity contribution in [1.29, 1.82) is 0 Å². The van der Waals surface area contributed by atoms with Gasteiger partial charge in [0, 0.05) is 30.6 Å². The Balaban J connectivity index is 1.34. The Kier molecular flexibility index (Phi) is 5.55. The molecular weight excluding hydrogens is 438 g/mol. The number of hydrogen-bond donors (Lipinski definition) is 1. The molecule has 1 aliphatic heterocycles.